The Morgan fingerprint density at radius 1 is 1.18 bits per heavy atom. The van der Waals surface area contributed by atoms with Crippen molar-refractivity contribution >= 4 is 28.2 Å². The minimum atomic E-state index is -0.984. The summed E-state index contributed by atoms with van der Waals surface area (Å²) in [7, 11) is -0.984. The molecule has 112 valence electrons. The zero-order valence-corrected chi connectivity index (χ0v) is 13.5. The maximum Gasteiger partial charge on any atom is 0.236 e. The van der Waals surface area contributed by atoms with Gasteiger partial charge in [-0.3, -0.25) is 4.21 Å². The van der Waals surface area contributed by atoms with Gasteiger partial charge in [-0.15, -0.1) is 11.3 Å². The predicted octanol–water partition coefficient (Wildman–Crippen LogP) is 4.37. The molecule has 0 radical (unpaired) electrons. The molecule has 0 amide bonds. The molecule has 1 aromatic carbocycles. The maximum absolute atomic E-state index is 12.1. The molecule has 3 rings (SSSR count). The van der Waals surface area contributed by atoms with Crippen LogP contribution in [0.25, 0.3) is 16.8 Å². The third-order valence-corrected chi connectivity index (χ3v) is 5.02. The molecule has 0 aliphatic heterocycles. The summed E-state index contributed by atoms with van der Waals surface area (Å²) in [5.41, 5.74) is 1.84. The van der Waals surface area contributed by atoms with Gasteiger partial charge in [-0.25, -0.2) is 4.98 Å². The Labute approximate surface area is 135 Å². The molecule has 22 heavy (non-hydrogen) atoms. The molecule has 0 bridgehead atoms. The van der Waals surface area contributed by atoms with E-state index in [-0.39, 0.29) is 0 Å². The largest absolute Gasteiger partial charge is 0.444 e. The Morgan fingerprint density at radius 3 is 2.82 bits per heavy atom. The fraction of sp³-hybridized carbons (Fsp3) is 0.118. The van der Waals surface area contributed by atoms with Crippen molar-refractivity contribution in [1.29, 1.82) is 0 Å². The molecule has 2 aromatic heterocycles. The molecule has 0 aliphatic carbocycles. The number of hydrogen-bond donors (Lipinski definition) is 0. The quantitative estimate of drug-likeness (QED) is 0.674. The topological polar surface area (TPSA) is 43.1 Å². The van der Waals surface area contributed by atoms with Crippen LogP contribution in [0.2, 0.25) is 0 Å². The predicted molar refractivity (Wildman–Crippen MR) is 92.0 cm³/mol. The molecule has 0 saturated heterocycles. The average Bonchev–Trinajstić information content (AvgIpc) is 3.19. The summed E-state index contributed by atoms with van der Waals surface area (Å²) < 4.78 is 17.5. The zero-order chi connectivity index (χ0) is 15.2. The van der Waals surface area contributed by atoms with E-state index in [1.165, 1.54) is 0 Å². The van der Waals surface area contributed by atoms with Crippen molar-refractivity contribution in [1.82, 2.24) is 4.98 Å². The van der Waals surface area contributed by atoms with Crippen LogP contribution >= 0.6 is 11.3 Å². The fourth-order valence-corrected chi connectivity index (χ4v) is 3.51. The monoisotopic (exact) mass is 329 g/mol. The second kappa shape index (κ2) is 7.33. The van der Waals surface area contributed by atoms with Crippen LogP contribution in [-0.2, 0) is 16.6 Å². The van der Waals surface area contributed by atoms with Crippen molar-refractivity contribution in [2.75, 3.05) is 5.75 Å². The van der Waals surface area contributed by atoms with Gasteiger partial charge in [0.2, 0.25) is 5.89 Å². The fourth-order valence-electron chi connectivity index (χ4n) is 1.97. The molecule has 3 aromatic rings. The normalized spacial score (nSPS) is 12.7. The number of thiophene rings is 1. The second-order valence-corrected chi connectivity index (χ2v) is 7.13. The summed E-state index contributed by atoms with van der Waals surface area (Å²) in [5.74, 6) is 1.52. The van der Waals surface area contributed by atoms with Gasteiger partial charge in [0.05, 0.1) is 16.3 Å². The highest BCUT2D eigenvalue weighted by Gasteiger charge is 2.09. The van der Waals surface area contributed by atoms with Crippen molar-refractivity contribution < 1.29 is 8.63 Å². The van der Waals surface area contributed by atoms with Crippen molar-refractivity contribution in [2.24, 2.45) is 0 Å². The van der Waals surface area contributed by atoms with Gasteiger partial charge in [0, 0.05) is 16.6 Å². The van der Waals surface area contributed by atoms with E-state index in [1.807, 2.05) is 60.0 Å². The lowest BCUT2D eigenvalue weighted by molar-refractivity contribution is 0.574. The SMILES string of the molecule is O=[S@@](C/C=C/c1ccccc1)Cc1coc(-c2cccs2)n1. The number of nitrogens with zero attached hydrogens (tertiary/aromatic N) is 1. The minimum absolute atomic E-state index is 0.411. The Kier molecular flexibility index (Phi) is 4.98. The first-order valence-corrected chi connectivity index (χ1v) is 9.23. The molecule has 0 aliphatic rings. The molecule has 0 fully saturated rings. The van der Waals surface area contributed by atoms with E-state index >= 15 is 0 Å². The van der Waals surface area contributed by atoms with E-state index in [4.69, 9.17) is 4.42 Å². The van der Waals surface area contributed by atoms with E-state index in [1.54, 1.807) is 17.6 Å². The van der Waals surface area contributed by atoms with Crippen LogP contribution in [0.15, 0.2) is 64.6 Å². The Morgan fingerprint density at radius 2 is 2.05 bits per heavy atom. The van der Waals surface area contributed by atoms with Crippen LogP contribution < -0.4 is 0 Å². The van der Waals surface area contributed by atoms with E-state index in [9.17, 15) is 4.21 Å². The molecule has 5 heteroatoms. The molecule has 3 nitrogen and oxygen atoms in total. The summed E-state index contributed by atoms with van der Waals surface area (Å²) >= 11 is 1.58. The smallest absolute Gasteiger partial charge is 0.236 e. The first-order chi connectivity index (χ1) is 10.8. The van der Waals surface area contributed by atoms with Crippen LogP contribution in [0.1, 0.15) is 11.3 Å². The summed E-state index contributed by atoms with van der Waals surface area (Å²) in [6, 6.07) is 13.9. The van der Waals surface area contributed by atoms with E-state index in [2.05, 4.69) is 4.98 Å². The van der Waals surface area contributed by atoms with Crippen LogP contribution in [0, 0.1) is 0 Å². The van der Waals surface area contributed by atoms with Crippen LogP contribution in [0.4, 0.5) is 0 Å². The van der Waals surface area contributed by atoms with E-state index < -0.39 is 10.8 Å². The average molecular weight is 329 g/mol. The third kappa shape index (κ3) is 4.02. The van der Waals surface area contributed by atoms with Crippen molar-refractivity contribution in [3.8, 4) is 10.8 Å². The van der Waals surface area contributed by atoms with Gasteiger partial charge in [-0.1, -0.05) is 48.6 Å². The first-order valence-electron chi connectivity index (χ1n) is 6.86. The minimum Gasteiger partial charge on any atom is -0.444 e. The number of aromatic nitrogens is 1. The van der Waals surface area contributed by atoms with Crippen molar-refractivity contribution in [3.63, 3.8) is 0 Å². The number of rotatable bonds is 6. The highest BCUT2D eigenvalue weighted by atomic mass is 32.2. The van der Waals surface area contributed by atoms with Crippen LogP contribution in [-0.4, -0.2) is 14.9 Å². The van der Waals surface area contributed by atoms with Gasteiger partial charge in [0.1, 0.15) is 6.26 Å². The maximum atomic E-state index is 12.1. The molecule has 0 saturated carbocycles. The molecule has 2 heterocycles. The van der Waals surface area contributed by atoms with Crippen molar-refractivity contribution in [2.45, 2.75) is 5.75 Å². The molecule has 1 atom stereocenters. The lowest BCUT2D eigenvalue weighted by atomic mass is 10.2. The Bertz CT molecular complexity index is 761. The van der Waals surface area contributed by atoms with E-state index in [0.717, 1.165) is 16.1 Å². The van der Waals surface area contributed by atoms with E-state index in [0.29, 0.717) is 17.4 Å². The molecular weight excluding hydrogens is 314 g/mol. The lowest BCUT2D eigenvalue weighted by Crippen LogP contribution is -1.98. The molecule has 0 spiro atoms. The molecule has 0 N–H and O–H groups in total. The van der Waals surface area contributed by atoms with Crippen LogP contribution in [0.5, 0.6) is 0 Å². The number of oxazole rings is 1. The summed E-state index contributed by atoms with van der Waals surface area (Å²) in [4.78, 5) is 5.37. The zero-order valence-electron chi connectivity index (χ0n) is 11.8. The van der Waals surface area contributed by atoms with Gasteiger partial charge < -0.3 is 4.42 Å². The van der Waals surface area contributed by atoms with Gasteiger partial charge in [-0.05, 0) is 17.0 Å². The van der Waals surface area contributed by atoms with Gasteiger partial charge in [0.25, 0.3) is 0 Å². The molecular formula is C17H15NO2S2. The summed E-state index contributed by atoms with van der Waals surface area (Å²) in [6.07, 6.45) is 5.51. The van der Waals surface area contributed by atoms with Crippen LogP contribution in [0.3, 0.4) is 0 Å². The number of benzene rings is 1. The highest BCUT2D eigenvalue weighted by Crippen LogP contribution is 2.23. The standard InChI is InChI=1S/C17H15NO2S2/c19-22(11-5-8-14-6-2-1-3-7-14)13-15-12-20-17(18-15)16-9-4-10-21-16/h1-10,12H,11,13H2/b8-5+/t22-/m0/s1. The lowest BCUT2D eigenvalue weighted by Gasteiger charge is -1.95. The Balaban J connectivity index is 1.55. The molecule has 0 unspecified atom stereocenters. The second-order valence-electron chi connectivity index (χ2n) is 4.69. The van der Waals surface area contributed by atoms with Crippen molar-refractivity contribution in [3.05, 3.63) is 71.4 Å². The Hall–Kier alpha value is -1.98. The summed E-state index contributed by atoms with van der Waals surface area (Å²) in [5, 5.41) is 1.98. The first kappa shape index (κ1) is 14.9. The van der Waals surface area contributed by atoms with Gasteiger partial charge >= 0.3 is 0 Å². The summed E-state index contributed by atoms with van der Waals surface area (Å²) in [6.45, 7) is 0. The third-order valence-electron chi connectivity index (χ3n) is 2.98. The van der Waals surface area contributed by atoms with Gasteiger partial charge in [-0.2, -0.15) is 0 Å². The number of hydrogen-bond acceptors (Lipinski definition) is 4. The van der Waals surface area contributed by atoms with Gasteiger partial charge in [0.15, 0.2) is 0 Å². The highest BCUT2D eigenvalue weighted by molar-refractivity contribution is 7.84.